The van der Waals surface area contributed by atoms with E-state index in [9.17, 15) is 4.39 Å². The number of aromatic nitrogens is 2. The summed E-state index contributed by atoms with van der Waals surface area (Å²) in [6.45, 7) is 1.71. The fourth-order valence-electron chi connectivity index (χ4n) is 1.36. The highest BCUT2D eigenvalue weighted by Crippen LogP contribution is 2.22. The lowest BCUT2D eigenvalue weighted by Gasteiger charge is -2.05. The Hall–Kier alpha value is -1.97. The van der Waals surface area contributed by atoms with Crippen molar-refractivity contribution in [2.24, 2.45) is 0 Å². The number of halogens is 1. The molecular weight excluding hydrogens is 193 g/mol. The smallest absolute Gasteiger partial charge is 0.141 e. The van der Waals surface area contributed by atoms with Crippen LogP contribution in [0.3, 0.4) is 0 Å². The lowest BCUT2D eigenvalue weighted by Crippen LogP contribution is -1.94. The van der Waals surface area contributed by atoms with E-state index >= 15 is 0 Å². The van der Waals surface area contributed by atoms with Crippen LogP contribution in [0.15, 0.2) is 30.6 Å². The van der Waals surface area contributed by atoms with Gasteiger partial charge in [-0.1, -0.05) is 12.1 Å². The second-order valence-corrected chi connectivity index (χ2v) is 3.24. The van der Waals surface area contributed by atoms with E-state index in [0.717, 1.165) is 5.56 Å². The van der Waals surface area contributed by atoms with Crippen molar-refractivity contribution >= 4 is 5.82 Å². The predicted octanol–water partition coefficient (Wildman–Crippen LogP) is 2.17. The van der Waals surface area contributed by atoms with E-state index in [1.807, 2.05) is 0 Å². The standard InChI is InChI=1S/C11H10FN3/c1-7-8(3-2-4-9(7)12)10-5-15-11(13)6-14-10/h2-6H,1H3,(H2,13,15). The van der Waals surface area contributed by atoms with Crippen LogP contribution in [-0.4, -0.2) is 9.97 Å². The van der Waals surface area contributed by atoms with E-state index in [4.69, 9.17) is 5.73 Å². The van der Waals surface area contributed by atoms with E-state index in [1.54, 1.807) is 19.1 Å². The van der Waals surface area contributed by atoms with Gasteiger partial charge in [0.2, 0.25) is 0 Å². The van der Waals surface area contributed by atoms with Gasteiger partial charge in [-0.25, -0.2) is 9.37 Å². The van der Waals surface area contributed by atoms with Crippen molar-refractivity contribution in [3.63, 3.8) is 0 Å². The Balaban J connectivity index is 2.54. The van der Waals surface area contributed by atoms with Crippen LogP contribution in [0.4, 0.5) is 10.2 Å². The van der Waals surface area contributed by atoms with Crippen LogP contribution in [0, 0.1) is 12.7 Å². The fourth-order valence-corrected chi connectivity index (χ4v) is 1.36. The number of hydrogen-bond donors (Lipinski definition) is 1. The molecule has 0 aliphatic heterocycles. The van der Waals surface area contributed by atoms with Crippen LogP contribution in [0.1, 0.15) is 5.56 Å². The molecule has 3 nitrogen and oxygen atoms in total. The Bertz CT molecular complexity index is 480. The van der Waals surface area contributed by atoms with Crippen molar-refractivity contribution in [1.29, 1.82) is 0 Å². The first-order chi connectivity index (χ1) is 7.18. The molecule has 0 bridgehead atoms. The van der Waals surface area contributed by atoms with Gasteiger partial charge in [0.05, 0.1) is 18.1 Å². The monoisotopic (exact) mass is 203 g/mol. The third-order valence-electron chi connectivity index (χ3n) is 2.22. The van der Waals surface area contributed by atoms with Crippen LogP contribution in [0.25, 0.3) is 11.3 Å². The average Bonchev–Trinajstić information content (AvgIpc) is 2.24. The van der Waals surface area contributed by atoms with Crippen LogP contribution in [-0.2, 0) is 0 Å². The molecular formula is C11H10FN3. The van der Waals surface area contributed by atoms with Crippen LogP contribution in [0.5, 0.6) is 0 Å². The Morgan fingerprint density at radius 2 is 2.00 bits per heavy atom. The Labute approximate surface area is 86.8 Å². The summed E-state index contributed by atoms with van der Waals surface area (Å²) in [5.74, 6) is 0.110. The molecule has 0 fully saturated rings. The number of nitrogens with two attached hydrogens (primary N) is 1. The zero-order valence-corrected chi connectivity index (χ0v) is 8.24. The van der Waals surface area contributed by atoms with E-state index in [-0.39, 0.29) is 5.82 Å². The van der Waals surface area contributed by atoms with Crippen molar-refractivity contribution in [3.05, 3.63) is 42.0 Å². The highest BCUT2D eigenvalue weighted by Gasteiger charge is 2.06. The van der Waals surface area contributed by atoms with Gasteiger partial charge in [0.1, 0.15) is 11.6 Å². The fraction of sp³-hybridized carbons (Fsp3) is 0.0909. The molecule has 0 atom stereocenters. The highest BCUT2D eigenvalue weighted by atomic mass is 19.1. The number of nitrogen functional groups attached to an aromatic ring is 1. The maximum atomic E-state index is 13.3. The maximum Gasteiger partial charge on any atom is 0.141 e. The minimum Gasteiger partial charge on any atom is -0.382 e. The number of rotatable bonds is 1. The Kier molecular flexibility index (Phi) is 2.33. The molecule has 0 saturated heterocycles. The molecule has 0 amide bonds. The summed E-state index contributed by atoms with van der Waals surface area (Å²) in [5.41, 5.74) is 7.36. The SMILES string of the molecule is Cc1c(F)cccc1-c1cnc(N)cn1. The van der Waals surface area contributed by atoms with Gasteiger partial charge >= 0.3 is 0 Å². The van der Waals surface area contributed by atoms with Crippen LogP contribution in [0.2, 0.25) is 0 Å². The van der Waals surface area contributed by atoms with Gasteiger partial charge < -0.3 is 5.73 Å². The lowest BCUT2D eigenvalue weighted by molar-refractivity contribution is 0.619. The lowest BCUT2D eigenvalue weighted by atomic mass is 10.1. The molecule has 0 aliphatic rings. The van der Waals surface area contributed by atoms with Crippen molar-refractivity contribution in [1.82, 2.24) is 9.97 Å². The zero-order valence-electron chi connectivity index (χ0n) is 8.24. The molecule has 0 unspecified atom stereocenters. The number of benzene rings is 1. The Morgan fingerprint density at radius 1 is 1.20 bits per heavy atom. The number of anilines is 1. The van der Waals surface area contributed by atoms with Gasteiger partial charge in [0, 0.05) is 5.56 Å². The highest BCUT2D eigenvalue weighted by molar-refractivity contribution is 5.63. The largest absolute Gasteiger partial charge is 0.382 e. The summed E-state index contributed by atoms with van der Waals surface area (Å²) in [4.78, 5) is 8.02. The van der Waals surface area contributed by atoms with E-state index in [1.165, 1.54) is 18.5 Å². The molecule has 2 rings (SSSR count). The van der Waals surface area contributed by atoms with Gasteiger partial charge in [-0.3, -0.25) is 4.98 Å². The minimum atomic E-state index is -0.244. The summed E-state index contributed by atoms with van der Waals surface area (Å²) in [6.07, 6.45) is 3.00. The molecule has 15 heavy (non-hydrogen) atoms. The Morgan fingerprint density at radius 3 is 2.67 bits per heavy atom. The summed E-state index contributed by atoms with van der Waals surface area (Å²) < 4.78 is 13.3. The quantitative estimate of drug-likeness (QED) is 0.772. The summed E-state index contributed by atoms with van der Waals surface area (Å²) in [6, 6.07) is 4.87. The molecule has 1 heterocycles. The molecule has 0 aliphatic carbocycles. The summed E-state index contributed by atoms with van der Waals surface area (Å²) in [5, 5.41) is 0. The molecule has 4 heteroatoms. The first-order valence-corrected chi connectivity index (χ1v) is 4.51. The van der Waals surface area contributed by atoms with Crippen LogP contribution < -0.4 is 5.73 Å². The van der Waals surface area contributed by atoms with Crippen molar-refractivity contribution in [2.45, 2.75) is 6.92 Å². The van der Waals surface area contributed by atoms with E-state index in [2.05, 4.69) is 9.97 Å². The van der Waals surface area contributed by atoms with Gasteiger partial charge in [-0.2, -0.15) is 0 Å². The van der Waals surface area contributed by atoms with Gasteiger partial charge in [-0.05, 0) is 18.6 Å². The number of nitrogens with zero attached hydrogens (tertiary/aromatic N) is 2. The summed E-state index contributed by atoms with van der Waals surface area (Å²) >= 11 is 0. The molecule has 2 aromatic rings. The van der Waals surface area contributed by atoms with Gasteiger partial charge in [0.25, 0.3) is 0 Å². The molecule has 2 N–H and O–H groups in total. The average molecular weight is 203 g/mol. The zero-order chi connectivity index (χ0) is 10.8. The first kappa shape index (κ1) is 9.58. The second-order valence-electron chi connectivity index (χ2n) is 3.24. The molecule has 76 valence electrons. The third-order valence-corrected chi connectivity index (χ3v) is 2.22. The molecule has 0 radical (unpaired) electrons. The van der Waals surface area contributed by atoms with Gasteiger partial charge in [0.15, 0.2) is 0 Å². The molecule has 1 aromatic carbocycles. The van der Waals surface area contributed by atoms with Crippen molar-refractivity contribution in [3.8, 4) is 11.3 Å². The molecule has 1 aromatic heterocycles. The summed E-state index contributed by atoms with van der Waals surface area (Å²) in [7, 11) is 0. The first-order valence-electron chi connectivity index (χ1n) is 4.51. The number of hydrogen-bond acceptors (Lipinski definition) is 3. The minimum absolute atomic E-state index is 0.244. The maximum absolute atomic E-state index is 13.3. The third kappa shape index (κ3) is 1.79. The van der Waals surface area contributed by atoms with Crippen molar-refractivity contribution < 1.29 is 4.39 Å². The predicted molar refractivity (Wildman–Crippen MR) is 56.6 cm³/mol. The van der Waals surface area contributed by atoms with Crippen molar-refractivity contribution in [2.75, 3.05) is 5.73 Å². The normalized spacial score (nSPS) is 10.3. The topological polar surface area (TPSA) is 51.8 Å². The van der Waals surface area contributed by atoms with E-state index in [0.29, 0.717) is 17.1 Å². The second kappa shape index (κ2) is 3.65. The molecule has 0 saturated carbocycles. The van der Waals surface area contributed by atoms with E-state index < -0.39 is 0 Å². The van der Waals surface area contributed by atoms with Crippen LogP contribution >= 0.6 is 0 Å². The van der Waals surface area contributed by atoms with Gasteiger partial charge in [-0.15, -0.1) is 0 Å². The molecule has 0 spiro atoms.